The van der Waals surface area contributed by atoms with Crippen LogP contribution in [0.15, 0.2) is 40.2 Å². The Labute approximate surface area is 124 Å². The molecule has 0 bridgehead atoms. The number of carbonyl (C=O) groups is 1. The Morgan fingerprint density at radius 3 is 2.68 bits per heavy atom. The highest BCUT2D eigenvalue weighted by molar-refractivity contribution is 9.11. The van der Waals surface area contributed by atoms with Gasteiger partial charge in [-0.3, -0.25) is 4.79 Å². The molecule has 1 unspecified atom stereocenters. The molecule has 100 valence electrons. The van der Waals surface area contributed by atoms with Gasteiger partial charge < -0.3 is 10.1 Å². The maximum atomic E-state index is 12.1. The van der Waals surface area contributed by atoms with Crippen molar-refractivity contribution in [3.05, 3.63) is 50.6 Å². The number of ether oxygens (including phenoxy) is 1. The normalized spacial score (nSPS) is 11.9. The molecule has 2 aromatic rings. The number of hydrogen-bond donors (Lipinski definition) is 1. The van der Waals surface area contributed by atoms with E-state index in [-0.39, 0.29) is 11.9 Å². The van der Waals surface area contributed by atoms with Crippen LogP contribution >= 0.6 is 27.3 Å². The van der Waals surface area contributed by atoms with Crippen molar-refractivity contribution < 1.29 is 9.53 Å². The second kappa shape index (κ2) is 6.21. The zero-order valence-electron chi connectivity index (χ0n) is 10.6. The Morgan fingerprint density at radius 1 is 1.32 bits per heavy atom. The van der Waals surface area contributed by atoms with Gasteiger partial charge in [-0.15, -0.1) is 11.3 Å². The highest BCUT2D eigenvalue weighted by atomic mass is 79.9. The summed E-state index contributed by atoms with van der Waals surface area (Å²) < 4.78 is 6.25. The summed E-state index contributed by atoms with van der Waals surface area (Å²) in [6.45, 7) is 1.94. The summed E-state index contributed by atoms with van der Waals surface area (Å²) in [4.78, 5) is 12.8. The standard InChI is InChI=1S/C14H14BrNO2S/c1-9(10-5-3-4-6-11(10)18-2)16-14(17)12-7-8-13(15)19-12/h3-9H,1-2H3,(H,16,17). The Balaban J connectivity index is 2.12. The number of carbonyl (C=O) groups excluding carboxylic acids is 1. The Kier molecular flexibility index (Phi) is 4.61. The maximum Gasteiger partial charge on any atom is 0.261 e. The van der Waals surface area contributed by atoms with Gasteiger partial charge in [0, 0.05) is 5.56 Å². The lowest BCUT2D eigenvalue weighted by molar-refractivity contribution is 0.0943. The molecule has 1 heterocycles. The van der Waals surface area contributed by atoms with E-state index in [0.717, 1.165) is 15.1 Å². The van der Waals surface area contributed by atoms with Crippen molar-refractivity contribution in [3.63, 3.8) is 0 Å². The Bertz CT molecular complexity index is 582. The van der Waals surface area contributed by atoms with E-state index in [2.05, 4.69) is 21.2 Å². The average Bonchev–Trinajstić information content (AvgIpc) is 2.85. The third-order valence-corrected chi connectivity index (χ3v) is 4.37. The minimum absolute atomic E-state index is 0.0749. The van der Waals surface area contributed by atoms with Crippen LogP contribution in [0.3, 0.4) is 0 Å². The van der Waals surface area contributed by atoms with E-state index in [4.69, 9.17) is 4.74 Å². The fourth-order valence-corrected chi connectivity index (χ4v) is 3.10. The summed E-state index contributed by atoms with van der Waals surface area (Å²) in [6.07, 6.45) is 0. The van der Waals surface area contributed by atoms with Crippen molar-refractivity contribution in [2.75, 3.05) is 7.11 Å². The summed E-state index contributed by atoms with van der Waals surface area (Å²) >= 11 is 4.77. The first-order valence-corrected chi connectivity index (χ1v) is 7.42. The van der Waals surface area contributed by atoms with Crippen LogP contribution in [0.4, 0.5) is 0 Å². The number of hydrogen-bond acceptors (Lipinski definition) is 3. The van der Waals surface area contributed by atoms with Crippen LogP contribution < -0.4 is 10.1 Å². The lowest BCUT2D eigenvalue weighted by atomic mass is 10.1. The number of benzene rings is 1. The predicted molar refractivity (Wildman–Crippen MR) is 80.9 cm³/mol. The molecule has 1 aromatic carbocycles. The molecule has 0 saturated heterocycles. The Morgan fingerprint density at radius 2 is 2.05 bits per heavy atom. The van der Waals surface area contributed by atoms with Crippen molar-refractivity contribution in [3.8, 4) is 5.75 Å². The van der Waals surface area contributed by atoms with Gasteiger partial charge in [-0.2, -0.15) is 0 Å². The first-order valence-electron chi connectivity index (χ1n) is 5.81. The van der Waals surface area contributed by atoms with E-state index in [0.29, 0.717) is 4.88 Å². The molecule has 2 rings (SSSR count). The van der Waals surface area contributed by atoms with Crippen LogP contribution in [-0.2, 0) is 0 Å². The van der Waals surface area contributed by atoms with Gasteiger partial charge in [-0.1, -0.05) is 18.2 Å². The molecule has 1 aromatic heterocycles. The minimum atomic E-state index is -0.107. The number of thiophene rings is 1. The van der Waals surface area contributed by atoms with Gasteiger partial charge in [-0.05, 0) is 41.1 Å². The van der Waals surface area contributed by atoms with Crippen LogP contribution in [0.2, 0.25) is 0 Å². The van der Waals surface area contributed by atoms with E-state index in [9.17, 15) is 4.79 Å². The monoisotopic (exact) mass is 339 g/mol. The number of nitrogens with one attached hydrogen (secondary N) is 1. The summed E-state index contributed by atoms with van der Waals surface area (Å²) in [6, 6.07) is 11.2. The molecule has 1 N–H and O–H groups in total. The molecule has 0 aliphatic heterocycles. The zero-order chi connectivity index (χ0) is 13.8. The van der Waals surface area contributed by atoms with Crippen LogP contribution in [-0.4, -0.2) is 13.0 Å². The molecule has 5 heteroatoms. The lowest BCUT2D eigenvalue weighted by Crippen LogP contribution is -2.26. The topological polar surface area (TPSA) is 38.3 Å². The number of methoxy groups -OCH3 is 1. The first kappa shape index (κ1) is 14.1. The molecule has 1 atom stereocenters. The number of para-hydroxylation sites is 1. The summed E-state index contributed by atoms with van der Waals surface area (Å²) in [5, 5.41) is 2.97. The molecule has 3 nitrogen and oxygen atoms in total. The smallest absolute Gasteiger partial charge is 0.261 e. The van der Waals surface area contributed by atoms with Gasteiger partial charge in [0.1, 0.15) is 5.75 Å². The van der Waals surface area contributed by atoms with Gasteiger partial charge in [0.05, 0.1) is 21.8 Å². The molecule has 0 radical (unpaired) electrons. The fraction of sp³-hybridized carbons (Fsp3) is 0.214. The van der Waals surface area contributed by atoms with Crippen LogP contribution in [0.5, 0.6) is 5.75 Å². The molecule has 1 amide bonds. The molecular formula is C14H14BrNO2S. The third-order valence-electron chi connectivity index (χ3n) is 2.75. The second-order valence-electron chi connectivity index (χ2n) is 4.04. The van der Waals surface area contributed by atoms with Crippen molar-refractivity contribution in [1.29, 1.82) is 0 Å². The quantitative estimate of drug-likeness (QED) is 0.913. The minimum Gasteiger partial charge on any atom is -0.496 e. The highest BCUT2D eigenvalue weighted by Crippen LogP contribution is 2.26. The zero-order valence-corrected chi connectivity index (χ0v) is 13.0. The second-order valence-corrected chi connectivity index (χ2v) is 6.50. The van der Waals surface area contributed by atoms with E-state index in [1.54, 1.807) is 13.2 Å². The van der Waals surface area contributed by atoms with Gasteiger partial charge in [0.15, 0.2) is 0 Å². The summed E-state index contributed by atoms with van der Waals surface area (Å²) in [5.74, 6) is 0.705. The summed E-state index contributed by atoms with van der Waals surface area (Å²) in [7, 11) is 1.63. The van der Waals surface area contributed by atoms with Gasteiger partial charge >= 0.3 is 0 Å². The van der Waals surface area contributed by atoms with E-state index < -0.39 is 0 Å². The van der Waals surface area contributed by atoms with Gasteiger partial charge in [0.25, 0.3) is 5.91 Å². The van der Waals surface area contributed by atoms with E-state index >= 15 is 0 Å². The first-order chi connectivity index (χ1) is 9.11. The van der Waals surface area contributed by atoms with Crippen molar-refractivity contribution >= 4 is 33.2 Å². The number of rotatable bonds is 4. The summed E-state index contributed by atoms with van der Waals surface area (Å²) in [5.41, 5.74) is 0.967. The average molecular weight is 340 g/mol. The van der Waals surface area contributed by atoms with E-state index in [1.165, 1.54) is 11.3 Å². The molecule has 0 aliphatic rings. The van der Waals surface area contributed by atoms with Gasteiger partial charge in [0.2, 0.25) is 0 Å². The molecule has 0 spiro atoms. The number of halogens is 1. The van der Waals surface area contributed by atoms with E-state index in [1.807, 2.05) is 37.3 Å². The van der Waals surface area contributed by atoms with Crippen molar-refractivity contribution in [2.24, 2.45) is 0 Å². The molecule has 19 heavy (non-hydrogen) atoms. The molecular weight excluding hydrogens is 326 g/mol. The highest BCUT2D eigenvalue weighted by Gasteiger charge is 2.15. The van der Waals surface area contributed by atoms with Crippen LogP contribution in [0.25, 0.3) is 0 Å². The largest absolute Gasteiger partial charge is 0.496 e. The fourth-order valence-electron chi connectivity index (χ4n) is 1.81. The maximum absolute atomic E-state index is 12.1. The third kappa shape index (κ3) is 3.36. The predicted octanol–water partition coefficient (Wildman–Crippen LogP) is 4.01. The SMILES string of the molecule is COc1ccccc1C(C)NC(=O)c1ccc(Br)s1. The van der Waals surface area contributed by atoms with Gasteiger partial charge in [-0.25, -0.2) is 0 Å². The lowest BCUT2D eigenvalue weighted by Gasteiger charge is -2.16. The Hall–Kier alpha value is -1.33. The van der Waals surface area contributed by atoms with Crippen LogP contribution in [0, 0.1) is 0 Å². The van der Waals surface area contributed by atoms with Crippen molar-refractivity contribution in [1.82, 2.24) is 5.32 Å². The molecule has 0 fully saturated rings. The van der Waals surface area contributed by atoms with Crippen molar-refractivity contribution in [2.45, 2.75) is 13.0 Å². The molecule has 0 saturated carbocycles. The molecule has 0 aliphatic carbocycles. The number of amides is 1. The van der Waals surface area contributed by atoms with Crippen LogP contribution in [0.1, 0.15) is 28.2 Å².